The molecule has 0 aliphatic carbocycles. The van der Waals surface area contributed by atoms with Crippen molar-refractivity contribution >= 4 is 5.97 Å². The minimum absolute atomic E-state index is 0.0988. The number of nitrogens with zero attached hydrogens (tertiary/aromatic N) is 1. The number of hydrogen-bond donors (Lipinski definition) is 0. The van der Waals surface area contributed by atoms with Crippen LogP contribution in [0.2, 0.25) is 0 Å². The van der Waals surface area contributed by atoms with Crippen LogP contribution in [-0.2, 0) is 35.3 Å². The Labute approximate surface area is 229 Å². The van der Waals surface area contributed by atoms with Gasteiger partial charge in [-0.2, -0.15) is 0 Å². The van der Waals surface area contributed by atoms with Crippen LogP contribution in [0.5, 0.6) is 0 Å². The van der Waals surface area contributed by atoms with Crippen molar-refractivity contribution < 1.29 is 9.53 Å². The van der Waals surface area contributed by atoms with Crippen LogP contribution in [0.3, 0.4) is 0 Å². The molecule has 0 spiro atoms. The third-order valence-corrected chi connectivity index (χ3v) is 6.52. The van der Waals surface area contributed by atoms with E-state index in [2.05, 4.69) is 95.7 Å². The van der Waals surface area contributed by atoms with E-state index in [1.165, 1.54) is 22.3 Å². The van der Waals surface area contributed by atoms with Crippen molar-refractivity contribution in [2.75, 3.05) is 7.05 Å². The number of benzene rings is 3. The second-order valence-corrected chi connectivity index (χ2v) is 12.1. The summed E-state index contributed by atoms with van der Waals surface area (Å²) in [6, 6.07) is 20.1. The Kier molecular flexibility index (Phi) is 8.88. The van der Waals surface area contributed by atoms with Crippen molar-refractivity contribution in [2.24, 2.45) is 0 Å². The van der Waals surface area contributed by atoms with Crippen LogP contribution in [0.25, 0.3) is 0 Å². The Balaban J connectivity index is 1.63. The first kappa shape index (κ1) is 28.8. The molecule has 3 aromatic carbocycles. The van der Waals surface area contributed by atoms with Crippen molar-refractivity contribution in [1.29, 1.82) is 0 Å². The number of esters is 1. The molecule has 38 heavy (non-hydrogen) atoms. The first-order valence-electron chi connectivity index (χ1n) is 13.0. The van der Waals surface area contributed by atoms with Crippen molar-refractivity contribution in [2.45, 2.75) is 72.1 Å². The van der Waals surface area contributed by atoms with Gasteiger partial charge in [-0.25, -0.2) is 4.79 Å². The van der Waals surface area contributed by atoms with Gasteiger partial charge in [0.2, 0.25) is 0 Å². The lowest BCUT2D eigenvalue weighted by atomic mass is 9.79. The van der Waals surface area contributed by atoms with E-state index >= 15 is 0 Å². The van der Waals surface area contributed by atoms with Gasteiger partial charge in [0.05, 0.1) is 5.56 Å². The van der Waals surface area contributed by atoms with Crippen LogP contribution in [0.1, 0.15) is 90.8 Å². The van der Waals surface area contributed by atoms with Gasteiger partial charge in [-0.15, -0.1) is 12.8 Å². The molecule has 3 rings (SSSR count). The van der Waals surface area contributed by atoms with Crippen molar-refractivity contribution in [3.8, 4) is 24.7 Å². The van der Waals surface area contributed by atoms with E-state index in [0.29, 0.717) is 16.7 Å². The first-order valence-corrected chi connectivity index (χ1v) is 13.0. The number of ether oxygens (including phenoxy) is 1. The highest BCUT2D eigenvalue weighted by atomic mass is 16.5. The largest absolute Gasteiger partial charge is 0.457 e. The molecule has 0 saturated carbocycles. The van der Waals surface area contributed by atoms with Gasteiger partial charge in [-0.3, -0.25) is 4.90 Å². The van der Waals surface area contributed by atoms with Gasteiger partial charge in [0, 0.05) is 24.2 Å². The molecule has 0 bridgehead atoms. The number of hydrogen-bond acceptors (Lipinski definition) is 3. The standard InChI is InChI=1S/C35H39NO2/c1-10-25-16-26(11-2)18-30(17-25)33(37)38-24-28-14-12-27(13-15-28)22-36(9)23-29-19-31(34(3,4)5)21-32(20-29)35(6,7)8/h1-2,12-21H,22-24H2,3-9H3. The van der Waals surface area contributed by atoms with E-state index in [4.69, 9.17) is 17.6 Å². The zero-order valence-electron chi connectivity index (χ0n) is 23.8. The zero-order chi connectivity index (χ0) is 28.1. The quantitative estimate of drug-likeness (QED) is 0.250. The molecular weight excluding hydrogens is 466 g/mol. The van der Waals surface area contributed by atoms with Crippen LogP contribution in [0.15, 0.2) is 60.7 Å². The molecule has 0 amide bonds. The molecule has 0 atom stereocenters. The second-order valence-electron chi connectivity index (χ2n) is 12.1. The minimum atomic E-state index is -0.450. The first-order chi connectivity index (χ1) is 17.8. The Morgan fingerprint density at radius 1 is 0.737 bits per heavy atom. The van der Waals surface area contributed by atoms with Gasteiger partial charge in [-0.1, -0.05) is 95.8 Å². The summed E-state index contributed by atoms with van der Waals surface area (Å²) in [7, 11) is 2.14. The summed E-state index contributed by atoms with van der Waals surface area (Å²) in [5, 5.41) is 0. The molecule has 196 valence electrons. The molecule has 0 fully saturated rings. The van der Waals surface area contributed by atoms with Crippen LogP contribution in [-0.4, -0.2) is 17.9 Å². The summed E-state index contributed by atoms with van der Waals surface area (Å²) in [5.74, 6) is 4.59. The average molecular weight is 506 g/mol. The maximum atomic E-state index is 12.5. The second kappa shape index (κ2) is 11.7. The monoisotopic (exact) mass is 505 g/mol. The number of carbonyl (C=O) groups is 1. The topological polar surface area (TPSA) is 29.5 Å². The highest BCUT2D eigenvalue weighted by Crippen LogP contribution is 2.30. The van der Waals surface area contributed by atoms with Gasteiger partial charge in [0.25, 0.3) is 0 Å². The highest BCUT2D eigenvalue weighted by Gasteiger charge is 2.21. The van der Waals surface area contributed by atoms with Gasteiger partial charge >= 0.3 is 5.97 Å². The molecule has 0 N–H and O–H groups in total. The van der Waals surface area contributed by atoms with Crippen molar-refractivity contribution in [3.63, 3.8) is 0 Å². The maximum Gasteiger partial charge on any atom is 0.338 e. The molecule has 0 saturated heterocycles. The summed E-state index contributed by atoms with van der Waals surface area (Å²) in [6.45, 7) is 15.5. The smallest absolute Gasteiger partial charge is 0.338 e. The summed E-state index contributed by atoms with van der Waals surface area (Å²) >= 11 is 0. The normalized spacial score (nSPS) is 11.6. The lowest BCUT2D eigenvalue weighted by molar-refractivity contribution is 0.0472. The molecule has 0 radical (unpaired) electrons. The predicted octanol–water partition coefficient (Wildman–Crippen LogP) is 7.23. The van der Waals surface area contributed by atoms with Crippen LogP contribution in [0, 0.1) is 24.7 Å². The Hall–Kier alpha value is -3.79. The molecular formula is C35H39NO2. The molecule has 3 nitrogen and oxygen atoms in total. The van der Waals surface area contributed by atoms with E-state index < -0.39 is 5.97 Å². The Morgan fingerprint density at radius 2 is 1.21 bits per heavy atom. The SMILES string of the molecule is C#Cc1cc(C#C)cc(C(=O)OCc2ccc(CN(C)Cc3cc(C(C)(C)C)cc(C(C)(C)C)c3)cc2)c1. The fourth-order valence-electron chi connectivity index (χ4n) is 4.21. The van der Waals surface area contributed by atoms with Gasteiger partial charge in [-0.05, 0) is 63.9 Å². The molecule has 0 heterocycles. The van der Waals surface area contributed by atoms with Crippen LogP contribution < -0.4 is 0 Å². The summed E-state index contributed by atoms with van der Waals surface area (Å²) in [6.07, 6.45) is 10.9. The van der Waals surface area contributed by atoms with Crippen LogP contribution in [0.4, 0.5) is 0 Å². The number of rotatable bonds is 7. The third-order valence-electron chi connectivity index (χ3n) is 6.52. The predicted molar refractivity (Wildman–Crippen MR) is 157 cm³/mol. The summed E-state index contributed by atoms with van der Waals surface area (Å²) < 4.78 is 5.50. The highest BCUT2D eigenvalue weighted by molar-refractivity contribution is 5.90. The van der Waals surface area contributed by atoms with E-state index in [9.17, 15) is 4.79 Å². The fraction of sp³-hybridized carbons (Fsp3) is 0.343. The van der Waals surface area contributed by atoms with Crippen molar-refractivity contribution in [1.82, 2.24) is 4.90 Å². The van der Waals surface area contributed by atoms with Crippen LogP contribution >= 0.6 is 0 Å². The zero-order valence-corrected chi connectivity index (χ0v) is 23.8. The summed E-state index contributed by atoms with van der Waals surface area (Å²) in [5.41, 5.74) is 7.85. The number of carbonyl (C=O) groups excluding carboxylic acids is 1. The average Bonchev–Trinajstić information content (AvgIpc) is 2.86. The molecule has 0 aliphatic rings. The molecule has 3 aromatic rings. The Bertz CT molecular complexity index is 1310. The van der Waals surface area contributed by atoms with E-state index in [1.54, 1.807) is 18.2 Å². The molecule has 0 aromatic heterocycles. The van der Waals surface area contributed by atoms with Gasteiger partial charge in [0.15, 0.2) is 0 Å². The number of terminal acetylenes is 2. The van der Waals surface area contributed by atoms with Gasteiger partial charge < -0.3 is 4.74 Å². The maximum absolute atomic E-state index is 12.5. The fourth-order valence-corrected chi connectivity index (χ4v) is 4.21. The van der Waals surface area contributed by atoms with Gasteiger partial charge in [0.1, 0.15) is 6.61 Å². The van der Waals surface area contributed by atoms with E-state index in [1.807, 2.05) is 12.1 Å². The lowest BCUT2D eigenvalue weighted by Crippen LogP contribution is -2.20. The Morgan fingerprint density at radius 3 is 1.68 bits per heavy atom. The molecule has 3 heteroatoms. The third kappa shape index (κ3) is 7.85. The minimum Gasteiger partial charge on any atom is -0.457 e. The van der Waals surface area contributed by atoms with E-state index in [-0.39, 0.29) is 17.4 Å². The molecule has 0 aliphatic heterocycles. The summed E-state index contributed by atoms with van der Waals surface area (Å²) in [4.78, 5) is 14.9. The van der Waals surface area contributed by atoms with Crippen molar-refractivity contribution in [3.05, 3.63) is 105 Å². The van der Waals surface area contributed by atoms with E-state index in [0.717, 1.165) is 18.7 Å². The lowest BCUT2D eigenvalue weighted by Gasteiger charge is -2.27. The molecule has 0 unspecified atom stereocenters.